The van der Waals surface area contributed by atoms with Gasteiger partial charge in [0.15, 0.2) is 0 Å². The van der Waals surface area contributed by atoms with Crippen molar-refractivity contribution in [2.45, 2.75) is 19.8 Å². The highest BCUT2D eigenvalue weighted by Crippen LogP contribution is 2.17. The van der Waals surface area contributed by atoms with Gasteiger partial charge >= 0.3 is 0 Å². The van der Waals surface area contributed by atoms with Crippen LogP contribution in [0.4, 0.5) is 10.1 Å². The number of nitrogens with zero attached hydrogens (tertiary/aromatic N) is 1. The first-order valence-corrected chi connectivity index (χ1v) is 8.66. The number of amides is 2. The van der Waals surface area contributed by atoms with E-state index >= 15 is 0 Å². The standard InChI is InChI=1S/C18H17FIN3O2/c1-12-10-14(20)6-7-16(12)22-17(24)8-9-18(25)23-21-11-13-4-2-3-5-15(13)19/h2-7,10-11H,8-9H2,1H3,(H,22,24)(H,23,25)/b21-11+. The molecular formula is C18H17FIN3O2. The number of rotatable bonds is 6. The van der Waals surface area contributed by atoms with Gasteiger partial charge in [-0.15, -0.1) is 0 Å². The maximum Gasteiger partial charge on any atom is 0.240 e. The lowest BCUT2D eigenvalue weighted by molar-refractivity contribution is -0.124. The van der Waals surface area contributed by atoms with Gasteiger partial charge in [-0.2, -0.15) is 5.10 Å². The van der Waals surface area contributed by atoms with Gasteiger partial charge < -0.3 is 5.32 Å². The number of benzene rings is 2. The third kappa shape index (κ3) is 6.26. The summed E-state index contributed by atoms with van der Waals surface area (Å²) in [6, 6.07) is 11.8. The Kier molecular flexibility index (Phi) is 7.05. The molecule has 0 aliphatic rings. The van der Waals surface area contributed by atoms with Crippen molar-refractivity contribution < 1.29 is 14.0 Å². The van der Waals surface area contributed by atoms with E-state index in [2.05, 4.69) is 38.4 Å². The Bertz CT molecular complexity index is 809. The topological polar surface area (TPSA) is 70.6 Å². The largest absolute Gasteiger partial charge is 0.326 e. The Morgan fingerprint density at radius 3 is 2.60 bits per heavy atom. The van der Waals surface area contributed by atoms with Gasteiger partial charge in [-0.3, -0.25) is 9.59 Å². The van der Waals surface area contributed by atoms with Gasteiger partial charge in [0.1, 0.15) is 5.82 Å². The number of carbonyl (C=O) groups is 2. The number of nitrogens with one attached hydrogen (secondary N) is 2. The van der Waals surface area contributed by atoms with Crippen LogP contribution in [0.3, 0.4) is 0 Å². The summed E-state index contributed by atoms with van der Waals surface area (Å²) in [5.41, 5.74) is 4.24. The third-order valence-corrected chi connectivity index (χ3v) is 4.01. The molecule has 0 aromatic heterocycles. The Morgan fingerprint density at radius 1 is 1.16 bits per heavy atom. The zero-order chi connectivity index (χ0) is 18.2. The average Bonchev–Trinajstić information content (AvgIpc) is 2.57. The van der Waals surface area contributed by atoms with Crippen molar-refractivity contribution >= 4 is 46.3 Å². The molecule has 2 aromatic rings. The summed E-state index contributed by atoms with van der Waals surface area (Å²) in [5.74, 6) is -1.09. The number of hydrazone groups is 1. The van der Waals surface area contributed by atoms with E-state index in [1.54, 1.807) is 18.2 Å². The quantitative estimate of drug-likeness (QED) is 0.399. The van der Waals surface area contributed by atoms with E-state index < -0.39 is 11.7 Å². The predicted molar refractivity (Wildman–Crippen MR) is 104 cm³/mol. The van der Waals surface area contributed by atoms with Gasteiger partial charge in [0, 0.05) is 27.7 Å². The molecule has 0 spiro atoms. The maximum atomic E-state index is 13.4. The van der Waals surface area contributed by atoms with Crippen molar-refractivity contribution in [2.24, 2.45) is 5.10 Å². The molecule has 0 heterocycles. The second-order valence-electron chi connectivity index (χ2n) is 5.32. The Morgan fingerprint density at radius 2 is 1.88 bits per heavy atom. The number of anilines is 1. The molecule has 7 heteroatoms. The minimum absolute atomic E-state index is 0.0101. The molecule has 0 aliphatic carbocycles. The molecule has 0 fully saturated rings. The molecule has 0 atom stereocenters. The Labute approximate surface area is 158 Å². The molecule has 2 aromatic carbocycles. The van der Waals surface area contributed by atoms with Gasteiger partial charge in [-0.05, 0) is 59.3 Å². The fraction of sp³-hybridized carbons (Fsp3) is 0.167. The fourth-order valence-electron chi connectivity index (χ4n) is 2.02. The van der Waals surface area contributed by atoms with Crippen LogP contribution in [0, 0.1) is 16.3 Å². The van der Waals surface area contributed by atoms with Gasteiger partial charge in [-0.1, -0.05) is 18.2 Å². The summed E-state index contributed by atoms with van der Waals surface area (Å²) in [7, 11) is 0. The van der Waals surface area contributed by atoms with Crippen LogP contribution in [-0.2, 0) is 9.59 Å². The number of carbonyl (C=O) groups excluding carboxylic acids is 2. The third-order valence-electron chi connectivity index (χ3n) is 3.34. The monoisotopic (exact) mass is 453 g/mol. The lowest BCUT2D eigenvalue weighted by atomic mass is 10.2. The number of halogens is 2. The van der Waals surface area contributed by atoms with Crippen molar-refractivity contribution in [3.63, 3.8) is 0 Å². The Balaban J connectivity index is 1.77. The van der Waals surface area contributed by atoms with Crippen LogP contribution in [-0.4, -0.2) is 18.0 Å². The molecule has 0 radical (unpaired) electrons. The van der Waals surface area contributed by atoms with Crippen LogP contribution in [0.25, 0.3) is 0 Å². The van der Waals surface area contributed by atoms with Crippen LogP contribution in [0.15, 0.2) is 47.6 Å². The van der Waals surface area contributed by atoms with E-state index in [1.807, 2.05) is 25.1 Å². The highest BCUT2D eigenvalue weighted by Gasteiger charge is 2.08. The van der Waals surface area contributed by atoms with Crippen LogP contribution in [0.2, 0.25) is 0 Å². The van der Waals surface area contributed by atoms with E-state index in [0.717, 1.165) is 14.8 Å². The Hall–Kier alpha value is -2.29. The van der Waals surface area contributed by atoms with Gasteiger partial charge in [-0.25, -0.2) is 9.82 Å². The van der Waals surface area contributed by atoms with Gasteiger partial charge in [0.25, 0.3) is 0 Å². The summed E-state index contributed by atoms with van der Waals surface area (Å²) in [5, 5.41) is 6.46. The molecule has 25 heavy (non-hydrogen) atoms. The predicted octanol–water partition coefficient (Wildman–Crippen LogP) is 3.61. The summed E-state index contributed by atoms with van der Waals surface area (Å²) >= 11 is 2.20. The second kappa shape index (κ2) is 9.26. The molecular weight excluding hydrogens is 436 g/mol. The highest BCUT2D eigenvalue weighted by molar-refractivity contribution is 14.1. The summed E-state index contributed by atoms with van der Waals surface area (Å²) in [6.07, 6.45) is 1.25. The zero-order valence-corrected chi connectivity index (χ0v) is 15.7. The molecule has 2 N–H and O–H groups in total. The molecule has 0 unspecified atom stereocenters. The van der Waals surface area contributed by atoms with Crippen molar-refractivity contribution in [1.82, 2.24) is 5.43 Å². The lowest BCUT2D eigenvalue weighted by Crippen LogP contribution is -2.21. The molecule has 5 nitrogen and oxygen atoms in total. The van der Waals surface area contributed by atoms with Crippen molar-refractivity contribution in [2.75, 3.05) is 5.32 Å². The van der Waals surface area contributed by atoms with E-state index in [-0.39, 0.29) is 24.3 Å². The summed E-state index contributed by atoms with van der Waals surface area (Å²) < 4.78 is 14.5. The lowest BCUT2D eigenvalue weighted by Gasteiger charge is -2.08. The van der Waals surface area contributed by atoms with Crippen LogP contribution < -0.4 is 10.7 Å². The summed E-state index contributed by atoms with van der Waals surface area (Å²) in [4.78, 5) is 23.6. The SMILES string of the molecule is Cc1cc(I)ccc1NC(=O)CCC(=O)N/N=C/c1ccccc1F. The second-order valence-corrected chi connectivity index (χ2v) is 6.57. The molecule has 0 aliphatic heterocycles. The van der Waals surface area contributed by atoms with E-state index in [0.29, 0.717) is 0 Å². The molecule has 0 saturated heterocycles. The molecule has 0 bridgehead atoms. The fourth-order valence-corrected chi connectivity index (χ4v) is 2.66. The first kappa shape index (κ1) is 19.0. The van der Waals surface area contributed by atoms with Crippen LogP contribution >= 0.6 is 22.6 Å². The van der Waals surface area contributed by atoms with Gasteiger partial charge in [0.2, 0.25) is 11.8 Å². The van der Waals surface area contributed by atoms with Crippen molar-refractivity contribution in [3.8, 4) is 0 Å². The number of hydrogen-bond donors (Lipinski definition) is 2. The van der Waals surface area contributed by atoms with Crippen molar-refractivity contribution in [1.29, 1.82) is 0 Å². The molecule has 0 saturated carbocycles. The minimum Gasteiger partial charge on any atom is -0.326 e. The van der Waals surface area contributed by atoms with E-state index in [4.69, 9.17) is 0 Å². The molecule has 130 valence electrons. The van der Waals surface area contributed by atoms with E-state index in [9.17, 15) is 14.0 Å². The average molecular weight is 453 g/mol. The van der Waals surface area contributed by atoms with Crippen LogP contribution in [0.5, 0.6) is 0 Å². The normalized spacial score (nSPS) is 10.7. The zero-order valence-electron chi connectivity index (χ0n) is 13.6. The first-order chi connectivity index (χ1) is 12.0. The van der Waals surface area contributed by atoms with Crippen LogP contribution in [0.1, 0.15) is 24.0 Å². The number of hydrogen-bond acceptors (Lipinski definition) is 3. The molecule has 2 amide bonds. The summed E-state index contributed by atoms with van der Waals surface area (Å²) in [6.45, 7) is 1.90. The highest BCUT2D eigenvalue weighted by atomic mass is 127. The number of aryl methyl sites for hydroxylation is 1. The van der Waals surface area contributed by atoms with Crippen molar-refractivity contribution in [3.05, 3.63) is 63.0 Å². The van der Waals surface area contributed by atoms with Gasteiger partial charge in [0.05, 0.1) is 6.21 Å². The molecule has 2 rings (SSSR count). The maximum absolute atomic E-state index is 13.4. The minimum atomic E-state index is -0.423. The van der Waals surface area contributed by atoms with E-state index in [1.165, 1.54) is 12.3 Å². The first-order valence-electron chi connectivity index (χ1n) is 7.58. The smallest absolute Gasteiger partial charge is 0.240 e.